The van der Waals surface area contributed by atoms with Crippen LogP contribution in [0.5, 0.6) is 0 Å². The van der Waals surface area contributed by atoms with E-state index >= 15 is 0 Å². The third-order valence-corrected chi connectivity index (χ3v) is 2.99. The number of aromatic amines is 1. The number of benzene rings is 1. The SMILES string of the molecule is O=c1[nH]c(CCCO)nn1-c1ccccc1Br. The van der Waals surface area contributed by atoms with Gasteiger partial charge in [-0.25, -0.2) is 4.79 Å². The zero-order valence-corrected chi connectivity index (χ0v) is 10.6. The van der Waals surface area contributed by atoms with Gasteiger partial charge in [0.25, 0.3) is 0 Å². The lowest BCUT2D eigenvalue weighted by molar-refractivity contribution is 0.287. The molecule has 90 valence electrons. The molecule has 2 N–H and O–H groups in total. The Bertz CT molecular complexity index is 562. The van der Waals surface area contributed by atoms with Crippen molar-refractivity contribution < 1.29 is 5.11 Å². The van der Waals surface area contributed by atoms with Gasteiger partial charge in [-0.2, -0.15) is 9.78 Å². The molecule has 0 aliphatic carbocycles. The first-order valence-corrected chi connectivity index (χ1v) is 6.05. The van der Waals surface area contributed by atoms with Gasteiger partial charge in [0.1, 0.15) is 5.82 Å². The minimum absolute atomic E-state index is 0.0872. The topological polar surface area (TPSA) is 70.9 Å². The van der Waals surface area contributed by atoms with Crippen molar-refractivity contribution >= 4 is 15.9 Å². The van der Waals surface area contributed by atoms with E-state index in [4.69, 9.17) is 5.11 Å². The fraction of sp³-hybridized carbons (Fsp3) is 0.273. The van der Waals surface area contributed by atoms with Crippen LogP contribution in [0.2, 0.25) is 0 Å². The molecule has 1 aromatic carbocycles. The van der Waals surface area contributed by atoms with Crippen LogP contribution in [-0.2, 0) is 6.42 Å². The van der Waals surface area contributed by atoms with Gasteiger partial charge in [0, 0.05) is 17.5 Å². The number of hydrogen-bond acceptors (Lipinski definition) is 3. The summed E-state index contributed by atoms with van der Waals surface area (Å²) in [5.74, 6) is 0.583. The highest BCUT2D eigenvalue weighted by Gasteiger charge is 2.08. The summed E-state index contributed by atoms with van der Waals surface area (Å²) in [7, 11) is 0. The molecule has 17 heavy (non-hydrogen) atoms. The van der Waals surface area contributed by atoms with Crippen molar-refractivity contribution in [3.8, 4) is 5.69 Å². The predicted octanol–water partition coefficient (Wildman–Crippen LogP) is 1.25. The average molecular weight is 298 g/mol. The van der Waals surface area contributed by atoms with Gasteiger partial charge in [-0.1, -0.05) is 12.1 Å². The third kappa shape index (κ3) is 2.65. The summed E-state index contributed by atoms with van der Waals surface area (Å²) in [4.78, 5) is 14.4. The lowest BCUT2D eigenvalue weighted by Crippen LogP contribution is -2.16. The number of aryl methyl sites for hydroxylation is 1. The number of halogens is 1. The molecule has 6 heteroatoms. The molecule has 0 saturated carbocycles. The summed E-state index contributed by atoms with van der Waals surface area (Å²) in [5.41, 5.74) is 0.425. The zero-order chi connectivity index (χ0) is 12.3. The van der Waals surface area contributed by atoms with E-state index in [1.807, 2.05) is 24.3 Å². The number of rotatable bonds is 4. The molecular weight excluding hydrogens is 286 g/mol. The molecule has 0 atom stereocenters. The van der Waals surface area contributed by atoms with Crippen LogP contribution in [0.15, 0.2) is 33.5 Å². The van der Waals surface area contributed by atoms with Gasteiger partial charge >= 0.3 is 5.69 Å². The Labute approximate surface area is 106 Å². The standard InChI is InChI=1S/C11H12BrN3O2/c12-8-4-1-2-5-9(8)15-11(17)13-10(14-15)6-3-7-16/h1-2,4-5,16H,3,6-7H2,(H,13,14,17). The molecule has 1 heterocycles. The Hall–Kier alpha value is -1.40. The van der Waals surface area contributed by atoms with E-state index in [9.17, 15) is 4.79 Å². The number of nitrogens with zero attached hydrogens (tertiary/aromatic N) is 2. The van der Waals surface area contributed by atoms with Crippen molar-refractivity contribution in [2.45, 2.75) is 12.8 Å². The highest BCUT2D eigenvalue weighted by Crippen LogP contribution is 2.18. The first-order valence-electron chi connectivity index (χ1n) is 5.26. The van der Waals surface area contributed by atoms with Gasteiger partial charge in [-0.3, -0.25) is 4.98 Å². The molecule has 0 amide bonds. The molecule has 0 bridgehead atoms. The van der Waals surface area contributed by atoms with Gasteiger partial charge in [0.15, 0.2) is 0 Å². The number of nitrogens with one attached hydrogen (secondary N) is 1. The van der Waals surface area contributed by atoms with Crippen LogP contribution >= 0.6 is 15.9 Å². The molecule has 2 rings (SSSR count). The van der Waals surface area contributed by atoms with E-state index in [1.165, 1.54) is 4.68 Å². The highest BCUT2D eigenvalue weighted by molar-refractivity contribution is 9.10. The summed E-state index contributed by atoms with van der Waals surface area (Å²) < 4.78 is 2.12. The summed E-state index contributed by atoms with van der Waals surface area (Å²) >= 11 is 3.38. The molecule has 5 nitrogen and oxygen atoms in total. The molecule has 0 saturated heterocycles. The normalized spacial score (nSPS) is 10.7. The Morgan fingerprint density at radius 1 is 1.41 bits per heavy atom. The summed E-state index contributed by atoms with van der Waals surface area (Å²) in [5, 5.41) is 12.9. The van der Waals surface area contributed by atoms with Crippen LogP contribution in [0, 0.1) is 0 Å². The molecule has 0 unspecified atom stereocenters. The Kier molecular flexibility index (Phi) is 3.75. The molecule has 0 fully saturated rings. The van der Waals surface area contributed by atoms with Crippen molar-refractivity contribution in [2.75, 3.05) is 6.61 Å². The van der Waals surface area contributed by atoms with Crippen LogP contribution in [0.3, 0.4) is 0 Å². The third-order valence-electron chi connectivity index (χ3n) is 2.32. The Morgan fingerprint density at radius 3 is 2.88 bits per heavy atom. The van der Waals surface area contributed by atoms with E-state index in [-0.39, 0.29) is 12.3 Å². The minimum atomic E-state index is -0.273. The second-order valence-corrected chi connectivity index (χ2v) is 4.42. The van der Waals surface area contributed by atoms with Crippen molar-refractivity contribution in [1.29, 1.82) is 0 Å². The Balaban J connectivity index is 2.37. The second kappa shape index (κ2) is 5.29. The van der Waals surface area contributed by atoms with Gasteiger partial charge in [-0.15, -0.1) is 0 Å². The molecule has 0 aliphatic heterocycles. The lowest BCUT2D eigenvalue weighted by Gasteiger charge is -2.01. The number of hydrogen-bond donors (Lipinski definition) is 2. The van der Waals surface area contributed by atoms with Gasteiger partial charge in [0.05, 0.1) is 5.69 Å². The van der Waals surface area contributed by atoms with E-state index in [1.54, 1.807) is 0 Å². The van der Waals surface area contributed by atoms with Crippen LogP contribution in [0.25, 0.3) is 5.69 Å². The Morgan fingerprint density at radius 2 is 2.18 bits per heavy atom. The largest absolute Gasteiger partial charge is 0.396 e. The quantitative estimate of drug-likeness (QED) is 0.892. The predicted molar refractivity (Wildman–Crippen MR) is 67.3 cm³/mol. The maximum atomic E-state index is 11.7. The van der Waals surface area contributed by atoms with Gasteiger partial charge in [0.2, 0.25) is 0 Å². The number of aliphatic hydroxyl groups excluding tert-OH is 1. The van der Waals surface area contributed by atoms with E-state index in [2.05, 4.69) is 26.0 Å². The molecule has 0 radical (unpaired) electrons. The average Bonchev–Trinajstić information content (AvgIpc) is 2.68. The first kappa shape index (κ1) is 12.1. The maximum Gasteiger partial charge on any atom is 0.348 e. The van der Waals surface area contributed by atoms with Crippen molar-refractivity contribution in [2.24, 2.45) is 0 Å². The van der Waals surface area contributed by atoms with Crippen molar-refractivity contribution in [1.82, 2.24) is 14.8 Å². The summed E-state index contributed by atoms with van der Waals surface area (Å²) in [6.07, 6.45) is 1.14. The van der Waals surface area contributed by atoms with Crippen LogP contribution in [0.4, 0.5) is 0 Å². The number of H-pyrrole nitrogens is 1. The zero-order valence-electron chi connectivity index (χ0n) is 9.06. The first-order chi connectivity index (χ1) is 8.22. The van der Waals surface area contributed by atoms with Crippen LogP contribution in [-0.4, -0.2) is 26.5 Å². The van der Waals surface area contributed by atoms with E-state index in [0.717, 1.165) is 4.47 Å². The van der Waals surface area contributed by atoms with Gasteiger partial charge < -0.3 is 5.11 Å². The van der Waals surface area contributed by atoms with Crippen molar-refractivity contribution in [3.63, 3.8) is 0 Å². The summed E-state index contributed by atoms with van der Waals surface area (Å²) in [6.45, 7) is 0.0872. The number of aliphatic hydroxyl groups is 1. The molecule has 0 aliphatic rings. The summed E-state index contributed by atoms with van der Waals surface area (Å²) in [6, 6.07) is 7.37. The van der Waals surface area contributed by atoms with E-state index in [0.29, 0.717) is 24.4 Å². The van der Waals surface area contributed by atoms with Crippen LogP contribution < -0.4 is 5.69 Å². The number of aromatic nitrogens is 3. The second-order valence-electron chi connectivity index (χ2n) is 3.57. The smallest absolute Gasteiger partial charge is 0.348 e. The fourth-order valence-corrected chi connectivity index (χ4v) is 1.97. The molecule has 0 spiro atoms. The highest BCUT2D eigenvalue weighted by atomic mass is 79.9. The monoisotopic (exact) mass is 297 g/mol. The fourth-order valence-electron chi connectivity index (χ4n) is 1.51. The maximum absolute atomic E-state index is 11.7. The molecule has 1 aromatic heterocycles. The number of para-hydroxylation sites is 1. The van der Waals surface area contributed by atoms with Crippen molar-refractivity contribution in [3.05, 3.63) is 45.0 Å². The minimum Gasteiger partial charge on any atom is -0.396 e. The lowest BCUT2D eigenvalue weighted by atomic mass is 10.3. The molecular formula is C11H12BrN3O2. The molecule has 2 aromatic rings. The van der Waals surface area contributed by atoms with Crippen LogP contribution in [0.1, 0.15) is 12.2 Å². The van der Waals surface area contributed by atoms with Gasteiger partial charge in [-0.05, 0) is 34.5 Å². The van der Waals surface area contributed by atoms with E-state index < -0.39 is 0 Å².